The number of carbonyl (C=O) groups is 1. The molecule has 0 saturated heterocycles. The maximum Gasteiger partial charge on any atom is 0.195 e. The Kier molecular flexibility index (Phi) is 3.07. The summed E-state index contributed by atoms with van der Waals surface area (Å²) in [4.78, 5) is 15.5. The van der Waals surface area contributed by atoms with Crippen molar-refractivity contribution in [2.45, 2.75) is 6.92 Å². The number of nitrogens with one attached hydrogen (secondary N) is 1. The number of hydrogen-bond donors (Lipinski definition) is 1. The van der Waals surface area contributed by atoms with Gasteiger partial charge in [0.05, 0.1) is 0 Å². The Bertz CT molecular complexity index is 822. The molecule has 20 heavy (non-hydrogen) atoms. The number of hydrogen-bond acceptors (Lipinski definition) is 1. The van der Waals surface area contributed by atoms with Crippen molar-refractivity contribution in [3.8, 4) is 0 Å². The van der Waals surface area contributed by atoms with E-state index in [1.807, 2.05) is 6.92 Å². The monoisotopic (exact) mass is 287 g/mol. The van der Waals surface area contributed by atoms with E-state index in [4.69, 9.17) is 11.6 Å². The number of fused-ring (bicyclic) bond motifs is 1. The molecule has 0 bridgehead atoms. The lowest BCUT2D eigenvalue weighted by molar-refractivity contribution is 0.104. The molecule has 0 radical (unpaired) electrons. The van der Waals surface area contributed by atoms with Crippen molar-refractivity contribution >= 4 is 28.3 Å². The molecule has 2 aromatic carbocycles. The van der Waals surface area contributed by atoms with Gasteiger partial charge in [0.25, 0.3) is 0 Å². The van der Waals surface area contributed by atoms with Gasteiger partial charge in [-0.2, -0.15) is 0 Å². The Hall–Kier alpha value is -2.13. The van der Waals surface area contributed by atoms with E-state index in [0.717, 1.165) is 5.56 Å². The zero-order chi connectivity index (χ0) is 14.3. The van der Waals surface area contributed by atoms with E-state index < -0.39 is 0 Å². The van der Waals surface area contributed by atoms with Gasteiger partial charge in [0.2, 0.25) is 0 Å². The first kappa shape index (κ1) is 12.9. The smallest absolute Gasteiger partial charge is 0.195 e. The average molecular weight is 288 g/mol. The normalized spacial score (nSPS) is 10.9. The molecular formula is C16H11ClFNO. The topological polar surface area (TPSA) is 32.9 Å². The number of aryl methyl sites for hydroxylation is 1. The molecule has 0 spiro atoms. The van der Waals surface area contributed by atoms with Crippen LogP contribution < -0.4 is 0 Å². The third-order valence-electron chi connectivity index (χ3n) is 3.32. The van der Waals surface area contributed by atoms with E-state index >= 15 is 0 Å². The lowest BCUT2D eigenvalue weighted by Crippen LogP contribution is -2.02. The third-order valence-corrected chi connectivity index (χ3v) is 3.56. The van der Waals surface area contributed by atoms with Gasteiger partial charge in [-0.3, -0.25) is 4.79 Å². The summed E-state index contributed by atoms with van der Waals surface area (Å²) < 4.78 is 13.2. The molecule has 100 valence electrons. The van der Waals surface area contributed by atoms with Crippen LogP contribution in [0.4, 0.5) is 4.39 Å². The maximum atomic E-state index is 13.2. The summed E-state index contributed by atoms with van der Waals surface area (Å²) in [5, 5.41) is 1.31. The lowest BCUT2D eigenvalue weighted by atomic mass is 9.99. The van der Waals surface area contributed by atoms with E-state index in [-0.39, 0.29) is 11.6 Å². The lowest BCUT2D eigenvalue weighted by Gasteiger charge is -2.04. The second-order valence-electron chi connectivity index (χ2n) is 4.68. The summed E-state index contributed by atoms with van der Waals surface area (Å²) in [6.45, 7) is 1.84. The Morgan fingerprint density at radius 1 is 1.15 bits per heavy atom. The van der Waals surface area contributed by atoms with Crippen LogP contribution in [0.15, 0.2) is 42.6 Å². The highest BCUT2D eigenvalue weighted by Gasteiger charge is 2.16. The predicted molar refractivity (Wildman–Crippen MR) is 77.9 cm³/mol. The highest BCUT2D eigenvalue weighted by Crippen LogP contribution is 2.24. The quantitative estimate of drug-likeness (QED) is 0.692. The van der Waals surface area contributed by atoms with Crippen molar-refractivity contribution in [2.24, 2.45) is 0 Å². The molecule has 0 unspecified atom stereocenters. The number of aromatic amines is 1. The molecule has 0 aliphatic carbocycles. The Morgan fingerprint density at radius 2 is 1.95 bits per heavy atom. The van der Waals surface area contributed by atoms with Crippen LogP contribution in [0.5, 0.6) is 0 Å². The zero-order valence-electron chi connectivity index (χ0n) is 10.7. The van der Waals surface area contributed by atoms with Crippen LogP contribution in [0, 0.1) is 12.7 Å². The van der Waals surface area contributed by atoms with Gasteiger partial charge in [-0.05, 0) is 48.9 Å². The first-order valence-corrected chi connectivity index (χ1v) is 6.51. The fourth-order valence-corrected chi connectivity index (χ4v) is 2.54. The van der Waals surface area contributed by atoms with E-state index in [1.54, 1.807) is 30.5 Å². The van der Waals surface area contributed by atoms with Crippen LogP contribution in [-0.2, 0) is 0 Å². The first-order chi connectivity index (χ1) is 9.56. The summed E-state index contributed by atoms with van der Waals surface area (Å²) in [5.74, 6) is -0.432. The standard InChI is InChI=1S/C16H11ClFNO/c1-9-6-10(17)2-4-12(9)16(20)14-8-19-15-7-11(18)3-5-13(14)15/h2-8,19H,1H3. The summed E-state index contributed by atoms with van der Waals surface area (Å²) in [6, 6.07) is 9.49. The van der Waals surface area contributed by atoms with Crippen molar-refractivity contribution < 1.29 is 9.18 Å². The van der Waals surface area contributed by atoms with E-state index in [1.165, 1.54) is 12.1 Å². The van der Waals surface area contributed by atoms with Gasteiger partial charge in [-0.1, -0.05) is 11.6 Å². The van der Waals surface area contributed by atoms with Crippen LogP contribution in [-0.4, -0.2) is 10.8 Å². The third kappa shape index (κ3) is 2.10. The minimum Gasteiger partial charge on any atom is -0.360 e. The second-order valence-corrected chi connectivity index (χ2v) is 5.12. The highest BCUT2D eigenvalue weighted by atomic mass is 35.5. The summed E-state index contributed by atoms with van der Waals surface area (Å²) in [7, 11) is 0. The molecule has 3 rings (SSSR count). The number of carbonyl (C=O) groups excluding carboxylic acids is 1. The molecule has 0 aliphatic rings. The number of rotatable bonds is 2. The van der Waals surface area contributed by atoms with Gasteiger partial charge >= 0.3 is 0 Å². The zero-order valence-corrected chi connectivity index (χ0v) is 11.5. The van der Waals surface area contributed by atoms with E-state index in [0.29, 0.717) is 27.1 Å². The van der Waals surface area contributed by atoms with Crippen molar-refractivity contribution in [1.29, 1.82) is 0 Å². The molecule has 0 fully saturated rings. The summed E-state index contributed by atoms with van der Waals surface area (Å²) in [5.41, 5.74) is 2.56. The van der Waals surface area contributed by atoms with Crippen molar-refractivity contribution in [3.05, 3.63) is 70.1 Å². The molecule has 0 amide bonds. The molecule has 0 saturated carbocycles. The van der Waals surface area contributed by atoms with Crippen LogP contribution in [0.2, 0.25) is 5.02 Å². The van der Waals surface area contributed by atoms with Crippen molar-refractivity contribution in [1.82, 2.24) is 4.98 Å². The highest BCUT2D eigenvalue weighted by molar-refractivity contribution is 6.31. The van der Waals surface area contributed by atoms with Gasteiger partial charge < -0.3 is 4.98 Å². The van der Waals surface area contributed by atoms with Gasteiger partial charge in [-0.15, -0.1) is 0 Å². The van der Waals surface area contributed by atoms with E-state index in [9.17, 15) is 9.18 Å². The van der Waals surface area contributed by atoms with E-state index in [2.05, 4.69) is 4.98 Å². The SMILES string of the molecule is Cc1cc(Cl)ccc1C(=O)c1c[nH]c2cc(F)ccc12. The summed E-state index contributed by atoms with van der Waals surface area (Å²) >= 11 is 5.90. The number of ketones is 1. The molecule has 1 heterocycles. The second kappa shape index (κ2) is 4.76. The van der Waals surface area contributed by atoms with Gasteiger partial charge in [0, 0.05) is 33.2 Å². The van der Waals surface area contributed by atoms with Crippen LogP contribution in [0.3, 0.4) is 0 Å². The molecule has 0 atom stereocenters. The van der Waals surface area contributed by atoms with Gasteiger partial charge in [0.1, 0.15) is 5.82 Å². The van der Waals surface area contributed by atoms with Gasteiger partial charge in [0.15, 0.2) is 5.78 Å². The Balaban J connectivity index is 2.13. The number of halogens is 2. The minimum absolute atomic E-state index is 0.1000. The molecule has 1 N–H and O–H groups in total. The Labute approximate surface area is 120 Å². The van der Waals surface area contributed by atoms with Gasteiger partial charge in [-0.25, -0.2) is 4.39 Å². The van der Waals surface area contributed by atoms with Crippen molar-refractivity contribution in [3.63, 3.8) is 0 Å². The van der Waals surface area contributed by atoms with Crippen molar-refractivity contribution in [2.75, 3.05) is 0 Å². The van der Waals surface area contributed by atoms with Crippen LogP contribution in [0.1, 0.15) is 21.5 Å². The maximum absolute atomic E-state index is 13.2. The molecule has 2 nitrogen and oxygen atoms in total. The van der Waals surface area contributed by atoms with Crippen LogP contribution in [0.25, 0.3) is 10.9 Å². The molecular weight excluding hydrogens is 277 g/mol. The van der Waals surface area contributed by atoms with Crippen LogP contribution >= 0.6 is 11.6 Å². The first-order valence-electron chi connectivity index (χ1n) is 6.14. The number of benzene rings is 2. The molecule has 0 aliphatic heterocycles. The number of aromatic nitrogens is 1. The average Bonchev–Trinajstić information content (AvgIpc) is 2.80. The Morgan fingerprint density at radius 3 is 2.70 bits per heavy atom. The molecule has 3 aromatic rings. The molecule has 1 aromatic heterocycles. The number of H-pyrrole nitrogens is 1. The fraction of sp³-hybridized carbons (Fsp3) is 0.0625. The molecule has 4 heteroatoms. The fourth-order valence-electron chi connectivity index (χ4n) is 2.31. The minimum atomic E-state index is -0.332. The predicted octanol–water partition coefficient (Wildman–Crippen LogP) is 4.50. The summed E-state index contributed by atoms with van der Waals surface area (Å²) in [6.07, 6.45) is 1.61. The largest absolute Gasteiger partial charge is 0.360 e.